The van der Waals surface area contributed by atoms with E-state index in [2.05, 4.69) is 0 Å². The van der Waals surface area contributed by atoms with E-state index in [1.54, 1.807) is 31.3 Å². The fourth-order valence-electron chi connectivity index (χ4n) is 1.53. The highest BCUT2D eigenvalue weighted by atomic mass is 35.5. The van der Waals surface area contributed by atoms with Crippen molar-refractivity contribution in [3.8, 4) is 6.07 Å². The normalized spacial score (nSPS) is 10.2. The maximum absolute atomic E-state index is 11.6. The molecule has 0 unspecified atom stereocenters. The number of nitrogens with zero attached hydrogens (tertiary/aromatic N) is 2. The van der Waals surface area contributed by atoms with Gasteiger partial charge < -0.3 is 4.57 Å². The number of rotatable bonds is 0. The first kappa shape index (κ1) is 9.75. The fourth-order valence-corrected chi connectivity index (χ4v) is 1.71. The molecule has 0 radical (unpaired) electrons. The molecule has 4 heteroatoms. The molecule has 0 saturated heterocycles. The molecule has 0 aliphatic rings. The van der Waals surface area contributed by atoms with E-state index in [0.29, 0.717) is 5.02 Å². The van der Waals surface area contributed by atoms with E-state index in [-0.39, 0.29) is 11.1 Å². The molecule has 3 nitrogen and oxygen atoms in total. The summed E-state index contributed by atoms with van der Waals surface area (Å²) in [6.07, 6.45) is 0. The van der Waals surface area contributed by atoms with Crippen molar-refractivity contribution in [2.24, 2.45) is 7.05 Å². The molecule has 0 spiro atoms. The fraction of sp³-hybridized carbons (Fsp3) is 0.0909. The Bertz CT molecular complexity index is 637. The molecule has 0 atom stereocenters. The van der Waals surface area contributed by atoms with Crippen molar-refractivity contribution in [2.45, 2.75) is 0 Å². The van der Waals surface area contributed by atoms with E-state index in [9.17, 15) is 4.79 Å². The Morgan fingerprint density at radius 2 is 2.13 bits per heavy atom. The minimum atomic E-state index is -0.285. The Balaban J connectivity index is 2.99. The third kappa shape index (κ3) is 1.49. The van der Waals surface area contributed by atoms with Crippen LogP contribution in [-0.4, -0.2) is 4.57 Å². The lowest BCUT2D eigenvalue weighted by Crippen LogP contribution is -2.19. The zero-order valence-corrected chi connectivity index (χ0v) is 8.75. The molecule has 1 aromatic heterocycles. The van der Waals surface area contributed by atoms with Crippen molar-refractivity contribution < 1.29 is 0 Å². The third-order valence-electron chi connectivity index (χ3n) is 2.31. The van der Waals surface area contributed by atoms with Crippen LogP contribution in [0, 0.1) is 11.3 Å². The molecule has 0 aliphatic heterocycles. The van der Waals surface area contributed by atoms with Crippen molar-refractivity contribution in [3.63, 3.8) is 0 Å². The minimum absolute atomic E-state index is 0.132. The summed E-state index contributed by atoms with van der Waals surface area (Å²) in [6, 6.07) is 8.65. The average Bonchev–Trinajstić information content (AvgIpc) is 2.23. The molecule has 2 rings (SSSR count). The molecule has 0 N–H and O–H groups in total. The Labute approximate surface area is 91.1 Å². The zero-order valence-electron chi connectivity index (χ0n) is 7.99. The van der Waals surface area contributed by atoms with E-state index in [1.165, 1.54) is 4.57 Å². The van der Waals surface area contributed by atoms with Gasteiger partial charge in [0.15, 0.2) is 0 Å². The van der Waals surface area contributed by atoms with E-state index in [4.69, 9.17) is 16.9 Å². The van der Waals surface area contributed by atoms with Gasteiger partial charge >= 0.3 is 0 Å². The predicted octanol–water partition coefficient (Wildman–Crippen LogP) is 2.06. The highest BCUT2D eigenvalue weighted by Gasteiger charge is 2.05. The van der Waals surface area contributed by atoms with Gasteiger partial charge in [0.1, 0.15) is 11.6 Å². The molecule has 0 aliphatic carbocycles. The number of pyridine rings is 1. The molecule has 0 amide bonds. The Kier molecular flexibility index (Phi) is 2.22. The third-order valence-corrected chi connectivity index (χ3v) is 2.54. The van der Waals surface area contributed by atoms with Crippen LogP contribution < -0.4 is 5.56 Å². The van der Waals surface area contributed by atoms with Crippen LogP contribution in [-0.2, 0) is 7.05 Å². The second kappa shape index (κ2) is 3.41. The summed E-state index contributed by atoms with van der Waals surface area (Å²) in [5, 5.41) is 10.2. The first-order chi connectivity index (χ1) is 7.13. The monoisotopic (exact) mass is 218 g/mol. The molecule has 2 aromatic rings. The number of nitriles is 1. The Morgan fingerprint density at radius 1 is 1.40 bits per heavy atom. The van der Waals surface area contributed by atoms with Gasteiger partial charge in [-0.05, 0) is 24.3 Å². The van der Waals surface area contributed by atoms with E-state index in [0.717, 1.165) is 10.9 Å². The summed E-state index contributed by atoms with van der Waals surface area (Å²) in [5.74, 6) is 0. The lowest BCUT2D eigenvalue weighted by molar-refractivity contribution is 0.901. The summed E-state index contributed by atoms with van der Waals surface area (Å²) in [4.78, 5) is 11.6. The first-order valence-electron chi connectivity index (χ1n) is 4.33. The maximum atomic E-state index is 11.6. The summed E-state index contributed by atoms with van der Waals surface area (Å²) < 4.78 is 1.45. The van der Waals surface area contributed by atoms with Crippen molar-refractivity contribution in [3.05, 3.63) is 45.2 Å². The van der Waals surface area contributed by atoms with Gasteiger partial charge in [0, 0.05) is 17.5 Å². The van der Waals surface area contributed by atoms with Gasteiger partial charge in [-0.15, -0.1) is 0 Å². The molecule has 0 fully saturated rings. The average molecular weight is 219 g/mol. The van der Waals surface area contributed by atoms with Crippen molar-refractivity contribution in [2.75, 3.05) is 0 Å². The second-order valence-corrected chi connectivity index (χ2v) is 3.67. The summed E-state index contributed by atoms with van der Waals surface area (Å²) in [5.41, 5.74) is 0.614. The molecular weight excluding hydrogens is 212 g/mol. The van der Waals surface area contributed by atoms with Crippen LogP contribution in [0.5, 0.6) is 0 Å². The van der Waals surface area contributed by atoms with Gasteiger partial charge in [-0.1, -0.05) is 11.6 Å². The van der Waals surface area contributed by atoms with Gasteiger partial charge in [-0.25, -0.2) is 0 Å². The number of benzene rings is 1. The largest absolute Gasteiger partial charge is 0.310 e. The van der Waals surface area contributed by atoms with E-state index in [1.807, 2.05) is 6.07 Å². The van der Waals surface area contributed by atoms with Crippen LogP contribution >= 0.6 is 11.6 Å². The quantitative estimate of drug-likeness (QED) is 0.680. The van der Waals surface area contributed by atoms with E-state index < -0.39 is 0 Å². The van der Waals surface area contributed by atoms with Gasteiger partial charge in [0.25, 0.3) is 5.56 Å². The summed E-state index contributed by atoms with van der Waals surface area (Å²) >= 11 is 5.84. The SMILES string of the molecule is Cn1c(=O)c(C#N)cc2cc(Cl)ccc21. The van der Waals surface area contributed by atoms with Crippen LogP contribution in [0.1, 0.15) is 5.56 Å². The van der Waals surface area contributed by atoms with Crippen LogP contribution in [0.2, 0.25) is 5.02 Å². The van der Waals surface area contributed by atoms with Gasteiger partial charge in [-0.3, -0.25) is 4.79 Å². The molecular formula is C11H7ClN2O. The second-order valence-electron chi connectivity index (χ2n) is 3.24. The lowest BCUT2D eigenvalue weighted by Gasteiger charge is -2.05. The van der Waals surface area contributed by atoms with Crippen LogP contribution in [0.3, 0.4) is 0 Å². The Hall–Kier alpha value is -1.79. The zero-order chi connectivity index (χ0) is 11.0. The Morgan fingerprint density at radius 3 is 2.80 bits per heavy atom. The van der Waals surface area contributed by atoms with E-state index >= 15 is 0 Å². The summed E-state index contributed by atoms with van der Waals surface area (Å²) in [7, 11) is 1.64. The number of hydrogen-bond donors (Lipinski definition) is 0. The number of halogens is 1. The van der Waals surface area contributed by atoms with Gasteiger partial charge in [0.05, 0.1) is 5.52 Å². The molecule has 15 heavy (non-hydrogen) atoms. The number of fused-ring (bicyclic) bond motifs is 1. The highest BCUT2D eigenvalue weighted by Crippen LogP contribution is 2.18. The molecule has 1 aromatic carbocycles. The van der Waals surface area contributed by atoms with Crippen molar-refractivity contribution in [1.82, 2.24) is 4.57 Å². The van der Waals surface area contributed by atoms with Crippen LogP contribution in [0.25, 0.3) is 10.9 Å². The van der Waals surface area contributed by atoms with Gasteiger partial charge in [-0.2, -0.15) is 5.26 Å². The van der Waals surface area contributed by atoms with Crippen LogP contribution in [0.4, 0.5) is 0 Å². The highest BCUT2D eigenvalue weighted by molar-refractivity contribution is 6.31. The topological polar surface area (TPSA) is 45.8 Å². The molecule has 74 valence electrons. The molecule has 1 heterocycles. The minimum Gasteiger partial charge on any atom is -0.310 e. The van der Waals surface area contributed by atoms with Gasteiger partial charge in [0.2, 0.25) is 0 Å². The number of aryl methyl sites for hydroxylation is 1. The molecule has 0 bridgehead atoms. The predicted molar refractivity (Wildman–Crippen MR) is 58.9 cm³/mol. The van der Waals surface area contributed by atoms with Crippen LogP contribution in [0.15, 0.2) is 29.1 Å². The standard InChI is InChI=1S/C11H7ClN2O/c1-14-10-3-2-9(12)5-7(10)4-8(6-13)11(14)15/h2-5H,1H3. The number of aromatic nitrogens is 1. The lowest BCUT2D eigenvalue weighted by atomic mass is 10.1. The molecule has 0 saturated carbocycles. The van der Waals surface area contributed by atoms with Crippen molar-refractivity contribution >= 4 is 22.5 Å². The first-order valence-corrected chi connectivity index (χ1v) is 4.70. The number of hydrogen-bond acceptors (Lipinski definition) is 2. The maximum Gasteiger partial charge on any atom is 0.268 e. The summed E-state index contributed by atoms with van der Waals surface area (Å²) in [6.45, 7) is 0. The van der Waals surface area contributed by atoms with Crippen molar-refractivity contribution in [1.29, 1.82) is 5.26 Å². The smallest absolute Gasteiger partial charge is 0.268 e.